The highest BCUT2D eigenvalue weighted by Crippen LogP contribution is 2.22. The van der Waals surface area contributed by atoms with Crippen LogP contribution in [0, 0.1) is 5.41 Å². The SMILES string of the molecule is CC(N(C)C(=O)NCc1ccc(C(=O)O)o1)C(C)(C)C. The van der Waals surface area contributed by atoms with Crippen molar-refractivity contribution in [2.24, 2.45) is 5.41 Å². The highest BCUT2D eigenvalue weighted by Gasteiger charge is 2.26. The number of urea groups is 1. The van der Waals surface area contributed by atoms with Gasteiger partial charge >= 0.3 is 12.0 Å². The van der Waals surface area contributed by atoms with Gasteiger partial charge in [0.2, 0.25) is 5.76 Å². The van der Waals surface area contributed by atoms with Gasteiger partial charge in [0.05, 0.1) is 6.54 Å². The number of hydrogen-bond donors (Lipinski definition) is 2. The van der Waals surface area contributed by atoms with Crippen molar-refractivity contribution in [3.05, 3.63) is 23.7 Å². The highest BCUT2D eigenvalue weighted by molar-refractivity contribution is 5.84. The number of rotatable bonds is 4. The number of amides is 2. The third-order valence-electron chi connectivity index (χ3n) is 3.44. The van der Waals surface area contributed by atoms with E-state index in [9.17, 15) is 9.59 Å². The van der Waals surface area contributed by atoms with Gasteiger partial charge in [0.1, 0.15) is 5.76 Å². The van der Waals surface area contributed by atoms with Crippen molar-refractivity contribution in [3.8, 4) is 0 Å². The Bertz CT molecular complexity index is 488. The van der Waals surface area contributed by atoms with Gasteiger partial charge in [0.25, 0.3) is 0 Å². The van der Waals surface area contributed by atoms with Gasteiger partial charge in [-0.25, -0.2) is 9.59 Å². The van der Waals surface area contributed by atoms with E-state index in [1.807, 2.05) is 6.92 Å². The molecule has 0 radical (unpaired) electrons. The molecular weight excluding hydrogens is 260 g/mol. The van der Waals surface area contributed by atoms with E-state index in [1.165, 1.54) is 12.1 Å². The van der Waals surface area contributed by atoms with Gasteiger partial charge < -0.3 is 19.7 Å². The maximum atomic E-state index is 12.0. The van der Waals surface area contributed by atoms with Crippen LogP contribution in [0.2, 0.25) is 0 Å². The molecule has 0 fully saturated rings. The fourth-order valence-corrected chi connectivity index (χ4v) is 1.63. The van der Waals surface area contributed by atoms with Crippen LogP contribution in [0.1, 0.15) is 44.0 Å². The minimum Gasteiger partial charge on any atom is -0.475 e. The Labute approximate surface area is 118 Å². The molecule has 0 bridgehead atoms. The van der Waals surface area contributed by atoms with Crippen molar-refractivity contribution in [3.63, 3.8) is 0 Å². The standard InChI is InChI=1S/C14H22N2O4/c1-9(14(2,3)4)16(5)13(19)15-8-10-6-7-11(20-10)12(17)18/h6-7,9H,8H2,1-5H3,(H,15,19)(H,17,18). The van der Waals surface area contributed by atoms with E-state index in [-0.39, 0.29) is 29.8 Å². The normalized spacial score (nSPS) is 12.8. The van der Waals surface area contributed by atoms with Crippen LogP contribution in [0.25, 0.3) is 0 Å². The van der Waals surface area contributed by atoms with Gasteiger partial charge in [0.15, 0.2) is 0 Å². The lowest BCUT2D eigenvalue weighted by Crippen LogP contribution is -2.47. The van der Waals surface area contributed by atoms with Crippen LogP contribution in [0.5, 0.6) is 0 Å². The van der Waals surface area contributed by atoms with Crippen molar-refractivity contribution >= 4 is 12.0 Å². The first-order chi connectivity index (χ1) is 9.12. The summed E-state index contributed by atoms with van der Waals surface area (Å²) in [6.45, 7) is 8.33. The molecule has 0 aliphatic heterocycles. The number of carbonyl (C=O) groups excluding carboxylic acids is 1. The molecule has 0 saturated carbocycles. The second kappa shape index (κ2) is 5.98. The Morgan fingerprint density at radius 2 is 2.00 bits per heavy atom. The molecular formula is C14H22N2O4. The number of nitrogens with one attached hydrogen (secondary N) is 1. The van der Waals surface area contributed by atoms with Crippen molar-refractivity contribution in [2.45, 2.75) is 40.3 Å². The van der Waals surface area contributed by atoms with E-state index in [4.69, 9.17) is 9.52 Å². The Kier molecular flexibility index (Phi) is 4.81. The van der Waals surface area contributed by atoms with Crippen LogP contribution < -0.4 is 5.32 Å². The van der Waals surface area contributed by atoms with Crippen LogP contribution in [0.3, 0.4) is 0 Å². The molecule has 1 rings (SSSR count). The summed E-state index contributed by atoms with van der Waals surface area (Å²) in [6.07, 6.45) is 0. The molecule has 1 unspecified atom stereocenters. The average Bonchev–Trinajstić information content (AvgIpc) is 2.81. The number of carboxylic acid groups (broad SMARTS) is 1. The molecule has 6 nitrogen and oxygen atoms in total. The average molecular weight is 282 g/mol. The third-order valence-corrected chi connectivity index (χ3v) is 3.44. The minimum atomic E-state index is -1.12. The summed E-state index contributed by atoms with van der Waals surface area (Å²) in [5, 5.41) is 11.4. The molecule has 0 aromatic carbocycles. The molecule has 1 aromatic rings. The predicted octanol–water partition coefficient (Wildman–Crippen LogP) is 2.55. The van der Waals surface area contributed by atoms with E-state index in [2.05, 4.69) is 26.1 Å². The van der Waals surface area contributed by atoms with E-state index in [0.717, 1.165) is 0 Å². The summed E-state index contributed by atoms with van der Waals surface area (Å²) in [6, 6.07) is 2.75. The second-order valence-corrected chi connectivity index (χ2v) is 5.88. The van der Waals surface area contributed by atoms with E-state index in [1.54, 1.807) is 11.9 Å². The lowest BCUT2D eigenvalue weighted by atomic mass is 9.87. The Morgan fingerprint density at radius 1 is 1.40 bits per heavy atom. The van der Waals surface area contributed by atoms with Gasteiger partial charge in [-0.1, -0.05) is 20.8 Å². The number of carbonyl (C=O) groups is 2. The van der Waals surface area contributed by atoms with Crippen LogP contribution in [0.15, 0.2) is 16.5 Å². The fourth-order valence-electron chi connectivity index (χ4n) is 1.63. The molecule has 2 N–H and O–H groups in total. The van der Waals surface area contributed by atoms with Crippen molar-refractivity contribution in [2.75, 3.05) is 7.05 Å². The number of nitrogens with zero attached hydrogens (tertiary/aromatic N) is 1. The van der Waals surface area contributed by atoms with Crippen LogP contribution in [0.4, 0.5) is 4.79 Å². The Hall–Kier alpha value is -1.98. The molecule has 0 spiro atoms. The molecule has 0 aliphatic carbocycles. The smallest absolute Gasteiger partial charge is 0.371 e. The molecule has 1 aromatic heterocycles. The quantitative estimate of drug-likeness (QED) is 0.889. The second-order valence-electron chi connectivity index (χ2n) is 5.88. The largest absolute Gasteiger partial charge is 0.475 e. The summed E-state index contributed by atoms with van der Waals surface area (Å²) in [7, 11) is 1.73. The van der Waals surface area contributed by atoms with Crippen LogP contribution >= 0.6 is 0 Å². The summed E-state index contributed by atoms with van der Waals surface area (Å²) in [4.78, 5) is 24.3. The molecule has 0 aliphatic rings. The monoisotopic (exact) mass is 282 g/mol. The van der Waals surface area contributed by atoms with Crippen LogP contribution in [-0.4, -0.2) is 35.1 Å². The number of carboxylic acids is 1. The summed E-state index contributed by atoms with van der Waals surface area (Å²) < 4.78 is 5.07. The number of aromatic carboxylic acids is 1. The Balaban J connectivity index is 2.56. The number of hydrogen-bond acceptors (Lipinski definition) is 3. The van der Waals surface area contributed by atoms with E-state index < -0.39 is 5.97 Å². The summed E-state index contributed by atoms with van der Waals surface area (Å²) in [5.41, 5.74) is -0.0206. The van der Waals surface area contributed by atoms with E-state index >= 15 is 0 Å². The first-order valence-corrected chi connectivity index (χ1v) is 6.45. The molecule has 112 valence electrons. The zero-order chi connectivity index (χ0) is 15.5. The maximum Gasteiger partial charge on any atom is 0.371 e. The van der Waals surface area contributed by atoms with Crippen molar-refractivity contribution < 1.29 is 19.1 Å². The van der Waals surface area contributed by atoms with Gasteiger partial charge in [-0.2, -0.15) is 0 Å². The molecule has 2 amide bonds. The van der Waals surface area contributed by atoms with Gasteiger partial charge in [-0.05, 0) is 24.5 Å². The van der Waals surface area contributed by atoms with Gasteiger partial charge in [-0.15, -0.1) is 0 Å². The zero-order valence-electron chi connectivity index (χ0n) is 12.6. The first-order valence-electron chi connectivity index (χ1n) is 6.45. The topological polar surface area (TPSA) is 82.8 Å². The summed E-state index contributed by atoms with van der Waals surface area (Å²) >= 11 is 0. The maximum absolute atomic E-state index is 12.0. The molecule has 6 heteroatoms. The minimum absolute atomic E-state index is 0.0206. The molecule has 1 atom stereocenters. The number of furan rings is 1. The molecule has 1 heterocycles. The van der Waals surface area contributed by atoms with Crippen LogP contribution in [-0.2, 0) is 6.54 Å². The zero-order valence-corrected chi connectivity index (χ0v) is 12.6. The van der Waals surface area contributed by atoms with Gasteiger partial charge in [-0.3, -0.25) is 0 Å². The molecule has 0 saturated heterocycles. The van der Waals surface area contributed by atoms with Crippen molar-refractivity contribution in [1.82, 2.24) is 10.2 Å². The third kappa shape index (κ3) is 4.01. The fraction of sp³-hybridized carbons (Fsp3) is 0.571. The Morgan fingerprint density at radius 3 is 2.45 bits per heavy atom. The van der Waals surface area contributed by atoms with Gasteiger partial charge in [0, 0.05) is 13.1 Å². The summed E-state index contributed by atoms with van der Waals surface area (Å²) in [5.74, 6) is -0.848. The predicted molar refractivity (Wildman–Crippen MR) is 74.6 cm³/mol. The lowest BCUT2D eigenvalue weighted by molar-refractivity contribution is 0.0660. The lowest BCUT2D eigenvalue weighted by Gasteiger charge is -2.35. The van der Waals surface area contributed by atoms with Crippen molar-refractivity contribution in [1.29, 1.82) is 0 Å². The molecule has 20 heavy (non-hydrogen) atoms. The highest BCUT2D eigenvalue weighted by atomic mass is 16.4. The van der Waals surface area contributed by atoms with E-state index in [0.29, 0.717) is 5.76 Å². The first kappa shape index (κ1) is 16.1.